The normalized spacial score (nSPS) is 12.4. The highest BCUT2D eigenvalue weighted by Crippen LogP contribution is 2.19. The molecule has 0 spiro atoms. The van der Waals surface area contributed by atoms with Crippen LogP contribution in [0.2, 0.25) is 0 Å². The van der Waals surface area contributed by atoms with Gasteiger partial charge in [0.15, 0.2) is 0 Å². The average Bonchev–Trinajstić information content (AvgIpc) is 2.07. The van der Waals surface area contributed by atoms with Gasteiger partial charge >= 0.3 is 5.97 Å². The van der Waals surface area contributed by atoms with Crippen molar-refractivity contribution < 1.29 is 9.90 Å². The number of aliphatic carboxylic acids is 1. The van der Waals surface area contributed by atoms with Crippen molar-refractivity contribution in [2.75, 3.05) is 13.1 Å². The lowest BCUT2D eigenvalue weighted by molar-refractivity contribution is -0.137. The minimum absolute atomic E-state index is 0.277. The summed E-state index contributed by atoms with van der Waals surface area (Å²) in [6.45, 7) is 13.0. The summed E-state index contributed by atoms with van der Waals surface area (Å²) in [5.74, 6) is -0.695. The summed E-state index contributed by atoms with van der Waals surface area (Å²) in [4.78, 5) is 12.8. The Kier molecular flexibility index (Phi) is 6.65. The largest absolute Gasteiger partial charge is 0.481 e. The molecule has 0 saturated carbocycles. The zero-order chi connectivity index (χ0) is 12.8. The van der Waals surface area contributed by atoms with Gasteiger partial charge in [-0.25, -0.2) is 0 Å². The first-order valence-electron chi connectivity index (χ1n) is 6.18. The van der Waals surface area contributed by atoms with Gasteiger partial charge in [0, 0.05) is 12.5 Å². The molecule has 0 bridgehead atoms. The van der Waals surface area contributed by atoms with Gasteiger partial charge < -0.3 is 10.0 Å². The predicted octanol–water partition coefficient (Wildman–Crippen LogP) is 3.00. The number of hydrogen-bond donors (Lipinski definition) is 1. The number of carbonyl (C=O) groups is 1. The van der Waals surface area contributed by atoms with Crippen LogP contribution in [0.4, 0.5) is 0 Å². The van der Waals surface area contributed by atoms with E-state index in [0.29, 0.717) is 11.5 Å². The van der Waals surface area contributed by atoms with Gasteiger partial charge in [-0.05, 0) is 45.2 Å². The maximum Gasteiger partial charge on any atom is 0.303 e. The third-order valence-electron chi connectivity index (χ3n) is 2.72. The predicted molar refractivity (Wildman–Crippen MR) is 67.7 cm³/mol. The van der Waals surface area contributed by atoms with Crippen molar-refractivity contribution in [1.29, 1.82) is 0 Å². The van der Waals surface area contributed by atoms with Gasteiger partial charge in [0.25, 0.3) is 0 Å². The van der Waals surface area contributed by atoms with E-state index in [0.717, 1.165) is 25.9 Å². The molecule has 0 fully saturated rings. The Morgan fingerprint density at radius 1 is 1.25 bits per heavy atom. The van der Waals surface area contributed by atoms with Crippen LogP contribution in [0.15, 0.2) is 0 Å². The number of carboxylic acids is 1. The van der Waals surface area contributed by atoms with Crippen LogP contribution in [0.1, 0.15) is 53.9 Å². The second-order valence-electron chi connectivity index (χ2n) is 5.94. The van der Waals surface area contributed by atoms with Crippen molar-refractivity contribution in [3.05, 3.63) is 0 Å². The highest BCUT2D eigenvalue weighted by atomic mass is 16.4. The molecule has 16 heavy (non-hydrogen) atoms. The second kappa shape index (κ2) is 6.89. The molecule has 3 heteroatoms. The summed E-state index contributed by atoms with van der Waals surface area (Å²) in [5.41, 5.74) is 0.347. The average molecular weight is 229 g/mol. The Bertz CT molecular complexity index is 206. The molecule has 0 aliphatic carbocycles. The quantitative estimate of drug-likeness (QED) is 0.729. The lowest BCUT2D eigenvalue weighted by atomic mass is 9.92. The molecule has 3 nitrogen and oxygen atoms in total. The van der Waals surface area contributed by atoms with Gasteiger partial charge in [-0.2, -0.15) is 0 Å². The van der Waals surface area contributed by atoms with E-state index >= 15 is 0 Å². The minimum atomic E-state index is -0.695. The van der Waals surface area contributed by atoms with Crippen molar-refractivity contribution in [3.8, 4) is 0 Å². The van der Waals surface area contributed by atoms with Crippen molar-refractivity contribution in [1.82, 2.24) is 4.90 Å². The van der Waals surface area contributed by atoms with Gasteiger partial charge in [0.05, 0.1) is 0 Å². The number of nitrogens with zero attached hydrogens (tertiary/aromatic N) is 1. The zero-order valence-electron chi connectivity index (χ0n) is 11.4. The topological polar surface area (TPSA) is 40.5 Å². The summed E-state index contributed by atoms with van der Waals surface area (Å²) >= 11 is 0. The van der Waals surface area contributed by atoms with Crippen LogP contribution in [0.5, 0.6) is 0 Å². The zero-order valence-corrected chi connectivity index (χ0v) is 11.4. The van der Waals surface area contributed by atoms with Crippen molar-refractivity contribution in [2.45, 2.75) is 59.9 Å². The van der Waals surface area contributed by atoms with Crippen LogP contribution >= 0.6 is 0 Å². The van der Waals surface area contributed by atoms with E-state index in [1.807, 2.05) is 0 Å². The van der Waals surface area contributed by atoms with Crippen molar-refractivity contribution in [3.63, 3.8) is 0 Å². The molecule has 0 aromatic rings. The lowest BCUT2D eigenvalue weighted by Crippen LogP contribution is -2.34. The fourth-order valence-electron chi connectivity index (χ4n) is 1.54. The van der Waals surface area contributed by atoms with E-state index < -0.39 is 5.97 Å². The Morgan fingerprint density at radius 3 is 2.19 bits per heavy atom. The minimum Gasteiger partial charge on any atom is -0.481 e. The molecule has 0 unspecified atom stereocenters. The van der Waals surface area contributed by atoms with Crippen LogP contribution in [0, 0.1) is 5.41 Å². The number of rotatable bonds is 7. The Labute approximate surface area is 99.8 Å². The van der Waals surface area contributed by atoms with E-state index in [1.54, 1.807) is 0 Å². The molecule has 0 aliphatic rings. The Balaban J connectivity index is 3.94. The van der Waals surface area contributed by atoms with Gasteiger partial charge in [-0.3, -0.25) is 4.79 Å². The molecule has 0 amide bonds. The van der Waals surface area contributed by atoms with E-state index in [9.17, 15) is 4.79 Å². The van der Waals surface area contributed by atoms with Gasteiger partial charge in [0.1, 0.15) is 0 Å². The fraction of sp³-hybridized carbons (Fsp3) is 0.923. The third-order valence-corrected chi connectivity index (χ3v) is 2.72. The van der Waals surface area contributed by atoms with Crippen molar-refractivity contribution in [2.24, 2.45) is 5.41 Å². The van der Waals surface area contributed by atoms with Crippen LogP contribution < -0.4 is 0 Å². The SMILES string of the molecule is CC(C)N(CCCC(=O)O)CCC(C)(C)C. The standard InChI is InChI=1S/C13H27NO2/c1-11(2)14(9-6-7-12(15)16)10-8-13(3,4)5/h11H,6-10H2,1-5H3,(H,15,16). The van der Waals surface area contributed by atoms with Crippen LogP contribution in [0.25, 0.3) is 0 Å². The number of hydrogen-bond acceptors (Lipinski definition) is 2. The highest BCUT2D eigenvalue weighted by molar-refractivity contribution is 5.66. The molecule has 0 atom stereocenters. The molecule has 0 rings (SSSR count). The first-order chi connectivity index (χ1) is 7.22. The second-order valence-corrected chi connectivity index (χ2v) is 5.94. The summed E-state index contributed by atoms with van der Waals surface area (Å²) in [5, 5.41) is 8.61. The Morgan fingerprint density at radius 2 is 1.81 bits per heavy atom. The molecule has 0 heterocycles. The van der Waals surface area contributed by atoms with E-state index in [1.165, 1.54) is 0 Å². The molecule has 96 valence electrons. The monoisotopic (exact) mass is 229 g/mol. The highest BCUT2D eigenvalue weighted by Gasteiger charge is 2.15. The summed E-state index contributed by atoms with van der Waals surface area (Å²) in [6, 6.07) is 0.496. The maximum atomic E-state index is 10.4. The third kappa shape index (κ3) is 8.72. The van der Waals surface area contributed by atoms with Crippen LogP contribution in [0.3, 0.4) is 0 Å². The molecule has 0 aliphatic heterocycles. The molecular formula is C13H27NO2. The molecule has 0 aromatic heterocycles. The molecule has 0 saturated heterocycles. The summed E-state index contributed by atoms with van der Waals surface area (Å²) in [7, 11) is 0. The molecular weight excluding hydrogens is 202 g/mol. The Hall–Kier alpha value is -0.570. The smallest absolute Gasteiger partial charge is 0.303 e. The van der Waals surface area contributed by atoms with Crippen LogP contribution in [-0.2, 0) is 4.79 Å². The van der Waals surface area contributed by atoms with E-state index in [-0.39, 0.29) is 6.42 Å². The molecule has 1 N–H and O–H groups in total. The summed E-state index contributed by atoms with van der Waals surface area (Å²) in [6.07, 6.45) is 2.18. The molecule has 0 aromatic carbocycles. The van der Waals surface area contributed by atoms with E-state index in [4.69, 9.17) is 5.11 Å². The first-order valence-corrected chi connectivity index (χ1v) is 6.18. The van der Waals surface area contributed by atoms with Crippen molar-refractivity contribution >= 4 is 5.97 Å². The van der Waals surface area contributed by atoms with Gasteiger partial charge in [0.2, 0.25) is 0 Å². The fourth-order valence-corrected chi connectivity index (χ4v) is 1.54. The van der Waals surface area contributed by atoms with Crippen LogP contribution in [-0.4, -0.2) is 35.1 Å². The van der Waals surface area contributed by atoms with E-state index in [2.05, 4.69) is 39.5 Å². The maximum absolute atomic E-state index is 10.4. The molecule has 0 radical (unpaired) electrons. The summed E-state index contributed by atoms with van der Waals surface area (Å²) < 4.78 is 0. The number of carboxylic acid groups (broad SMARTS) is 1. The van der Waals surface area contributed by atoms with Gasteiger partial charge in [-0.1, -0.05) is 20.8 Å². The lowest BCUT2D eigenvalue weighted by Gasteiger charge is -2.29. The first kappa shape index (κ1) is 15.4. The van der Waals surface area contributed by atoms with Gasteiger partial charge in [-0.15, -0.1) is 0 Å².